The van der Waals surface area contributed by atoms with Gasteiger partial charge in [0.1, 0.15) is 11.4 Å². The Hall–Kier alpha value is -1.22. The van der Waals surface area contributed by atoms with Crippen LogP contribution in [-0.2, 0) is 4.79 Å². The van der Waals surface area contributed by atoms with Gasteiger partial charge in [-0.05, 0) is 26.0 Å². The molecule has 2 rings (SSSR count). The molecular weight excluding hydrogens is 238 g/mol. The number of nitrogens with one attached hydrogen (secondary N) is 1. The van der Waals surface area contributed by atoms with E-state index in [-0.39, 0.29) is 17.6 Å². The summed E-state index contributed by atoms with van der Waals surface area (Å²) < 4.78 is 5.88. The number of amides is 1. The van der Waals surface area contributed by atoms with Crippen LogP contribution in [-0.4, -0.2) is 11.5 Å². The van der Waals surface area contributed by atoms with Crippen molar-refractivity contribution in [2.75, 3.05) is 0 Å². The average Bonchev–Trinajstić information content (AvgIpc) is 2.13. The minimum atomic E-state index is -0.301. The molecule has 1 aromatic rings. The van der Waals surface area contributed by atoms with Crippen LogP contribution in [0.15, 0.2) is 18.2 Å². The lowest BCUT2D eigenvalue weighted by Crippen LogP contribution is -2.40. The first-order chi connectivity index (χ1) is 7.87. The van der Waals surface area contributed by atoms with E-state index in [0.29, 0.717) is 5.02 Å². The van der Waals surface area contributed by atoms with Gasteiger partial charge in [0.05, 0.1) is 6.04 Å². The molecule has 0 bridgehead atoms. The summed E-state index contributed by atoms with van der Waals surface area (Å²) in [5, 5.41) is 3.59. The topological polar surface area (TPSA) is 38.3 Å². The van der Waals surface area contributed by atoms with Gasteiger partial charge in [0.15, 0.2) is 0 Å². The predicted octanol–water partition coefficient (Wildman–Crippen LogP) is 3.08. The zero-order valence-corrected chi connectivity index (χ0v) is 11.0. The summed E-state index contributed by atoms with van der Waals surface area (Å²) >= 11 is 5.96. The molecule has 0 spiro atoms. The molecule has 0 unspecified atom stereocenters. The third-order valence-electron chi connectivity index (χ3n) is 2.81. The summed E-state index contributed by atoms with van der Waals surface area (Å²) in [6, 6.07) is 5.51. The van der Waals surface area contributed by atoms with Crippen molar-refractivity contribution in [1.82, 2.24) is 5.32 Å². The summed E-state index contributed by atoms with van der Waals surface area (Å²) in [5.41, 5.74) is 0.689. The Labute approximate surface area is 106 Å². The molecule has 0 fully saturated rings. The molecule has 1 atom stereocenters. The predicted molar refractivity (Wildman–Crippen MR) is 67.3 cm³/mol. The molecule has 1 aromatic carbocycles. The number of carbonyl (C=O) groups excluding carboxylic acids is 1. The van der Waals surface area contributed by atoms with Crippen molar-refractivity contribution < 1.29 is 9.53 Å². The molecule has 1 aliphatic rings. The van der Waals surface area contributed by atoms with E-state index in [2.05, 4.69) is 5.32 Å². The number of rotatable bonds is 1. The molecule has 0 radical (unpaired) electrons. The van der Waals surface area contributed by atoms with Gasteiger partial charge in [-0.15, -0.1) is 0 Å². The molecule has 1 amide bonds. The van der Waals surface area contributed by atoms with E-state index in [1.807, 2.05) is 26.0 Å². The largest absolute Gasteiger partial charge is 0.487 e. The number of fused-ring (bicyclic) bond motifs is 1. The highest BCUT2D eigenvalue weighted by molar-refractivity contribution is 6.30. The SMILES string of the molecule is CC(=O)N[C@@H]1CC(C)(C)Oc2cc(Cl)ccc21. The highest BCUT2D eigenvalue weighted by atomic mass is 35.5. The van der Waals surface area contributed by atoms with Crippen LogP contribution in [0.25, 0.3) is 0 Å². The van der Waals surface area contributed by atoms with E-state index in [0.717, 1.165) is 17.7 Å². The van der Waals surface area contributed by atoms with Crippen LogP contribution in [0.4, 0.5) is 0 Å². The number of hydrogen-bond acceptors (Lipinski definition) is 2. The van der Waals surface area contributed by atoms with Crippen molar-refractivity contribution in [2.45, 2.75) is 38.8 Å². The fourth-order valence-electron chi connectivity index (χ4n) is 2.20. The maximum Gasteiger partial charge on any atom is 0.217 e. The molecule has 1 aliphatic heterocycles. The monoisotopic (exact) mass is 253 g/mol. The van der Waals surface area contributed by atoms with Crippen LogP contribution < -0.4 is 10.1 Å². The highest BCUT2D eigenvalue weighted by Gasteiger charge is 2.34. The summed E-state index contributed by atoms with van der Waals surface area (Å²) in [5.74, 6) is 0.723. The van der Waals surface area contributed by atoms with Crippen LogP contribution >= 0.6 is 11.6 Å². The van der Waals surface area contributed by atoms with Gasteiger partial charge in [-0.25, -0.2) is 0 Å². The normalized spacial score (nSPS) is 21.3. The lowest BCUT2D eigenvalue weighted by molar-refractivity contribution is -0.120. The summed E-state index contributed by atoms with van der Waals surface area (Å²) in [7, 11) is 0. The molecular formula is C13H16ClNO2. The van der Waals surface area contributed by atoms with Crippen LogP contribution in [0.5, 0.6) is 5.75 Å². The maximum atomic E-state index is 11.2. The second-order valence-electron chi connectivity index (χ2n) is 5.00. The van der Waals surface area contributed by atoms with E-state index in [9.17, 15) is 4.79 Å². The minimum absolute atomic E-state index is 0.0106. The Balaban J connectivity index is 2.40. The molecule has 0 saturated heterocycles. The minimum Gasteiger partial charge on any atom is -0.487 e. The molecule has 1 heterocycles. The van der Waals surface area contributed by atoms with E-state index >= 15 is 0 Å². The summed E-state index contributed by atoms with van der Waals surface area (Å²) in [6.45, 7) is 5.54. The van der Waals surface area contributed by atoms with Crippen LogP contribution in [0.3, 0.4) is 0 Å². The van der Waals surface area contributed by atoms with Gasteiger partial charge >= 0.3 is 0 Å². The van der Waals surface area contributed by atoms with Crippen molar-refractivity contribution >= 4 is 17.5 Å². The second-order valence-corrected chi connectivity index (χ2v) is 5.44. The van der Waals surface area contributed by atoms with Crippen molar-refractivity contribution in [2.24, 2.45) is 0 Å². The van der Waals surface area contributed by atoms with Gasteiger partial charge in [0.25, 0.3) is 0 Å². The molecule has 0 aliphatic carbocycles. The molecule has 92 valence electrons. The van der Waals surface area contributed by atoms with E-state index in [1.54, 1.807) is 6.07 Å². The first kappa shape index (κ1) is 12.2. The van der Waals surface area contributed by atoms with Gasteiger partial charge < -0.3 is 10.1 Å². The van der Waals surface area contributed by atoms with Gasteiger partial charge in [-0.3, -0.25) is 4.79 Å². The average molecular weight is 254 g/mol. The van der Waals surface area contributed by atoms with Crippen molar-refractivity contribution in [1.29, 1.82) is 0 Å². The Morgan fingerprint density at radius 1 is 1.53 bits per heavy atom. The van der Waals surface area contributed by atoms with Gasteiger partial charge in [0, 0.05) is 23.9 Å². The first-order valence-electron chi connectivity index (χ1n) is 5.63. The molecule has 3 nitrogen and oxygen atoms in total. The van der Waals surface area contributed by atoms with Gasteiger partial charge in [-0.2, -0.15) is 0 Å². The van der Waals surface area contributed by atoms with E-state index < -0.39 is 0 Å². The first-order valence-corrected chi connectivity index (χ1v) is 6.01. The highest BCUT2D eigenvalue weighted by Crippen LogP contribution is 2.40. The number of halogens is 1. The van der Waals surface area contributed by atoms with Crippen molar-refractivity contribution in [3.8, 4) is 5.75 Å². The zero-order valence-electron chi connectivity index (χ0n) is 10.2. The van der Waals surface area contributed by atoms with Crippen LogP contribution in [0.2, 0.25) is 5.02 Å². The Kier molecular flexibility index (Phi) is 3.04. The Bertz CT molecular complexity index is 457. The lowest BCUT2D eigenvalue weighted by Gasteiger charge is -2.37. The second kappa shape index (κ2) is 4.22. The maximum absolute atomic E-state index is 11.2. The molecule has 1 N–H and O–H groups in total. The Morgan fingerprint density at radius 3 is 2.88 bits per heavy atom. The summed E-state index contributed by atoms with van der Waals surface area (Å²) in [6.07, 6.45) is 0.751. The van der Waals surface area contributed by atoms with E-state index in [1.165, 1.54) is 6.92 Å². The summed E-state index contributed by atoms with van der Waals surface area (Å²) in [4.78, 5) is 11.2. The smallest absolute Gasteiger partial charge is 0.217 e. The standard InChI is InChI=1S/C13H16ClNO2/c1-8(16)15-11-7-13(2,3)17-12-6-9(14)4-5-10(11)12/h4-6,11H,7H2,1-3H3,(H,15,16)/t11-/m1/s1. The van der Waals surface area contributed by atoms with Crippen molar-refractivity contribution in [3.63, 3.8) is 0 Å². The molecule has 0 aromatic heterocycles. The van der Waals surface area contributed by atoms with E-state index in [4.69, 9.17) is 16.3 Å². The van der Waals surface area contributed by atoms with Crippen molar-refractivity contribution in [3.05, 3.63) is 28.8 Å². The number of ether oxygens (including phenoxy) is 1. The van der Waals surface area contributed by atoms with Gasteiger partial charge in [0.2, 0.25) is 5.91 Å². The third kappa shape index (κ3) is 2.72. The quantitative estimate of drug-likeness (QED) is 0.835. The molecule has 4 heteroatoms. The Morgan fingerprint density at radius 2 is 2.24 bits per heavy atom. The van der Waals surface area contributed by atoms with Crippen LogP contribution in [0, 0.1) is 0 Å². The number of benzene rings is 1. The van der Waals surface area contributed by atoms with Crippen LogP contribution in [0.1, 0.15) is 38.8 Å². The van der Waals surface area contributed by atoms with Gasteiger partial charge in [-0.1, -0.05) is 17.7 Å². The fourth-order valence-corrected chi connectivity index (χ4v) is 2.36. The fraction of sp³-hybridized carbons (Fsp3) is 0.462. The third-order valence-corrected chi connectivity index (χ3v) is 3.05. The zero-order chi connectivity index (χ0) is 12.6. The number of hydrogen-bond donors (Lipinski definition) is 1. The lowest BCUT2D eigenvalue weighted by atomic mass is 9.89. The molecule has 0 saturated carbocycles. The number of carbonyl (C=O) groups is 1. The molecule has 17 heavy (non-hydrogen) atoms.